The summed E-state index contributed by atoms with van der Waals surface area (Å²) in [6.45, 7) is 7.88. The highest BCUT2D eigenvalue weighted by molar-refractivity contribution is 6.11. The normalized spacial score (nSPS) is 20.9. The molecule has 0 amide bonds. The van der Waals surface area contributed by atoms with Gasteiger partial charge in [0.05, 0.1) is 19.0 Å². The van der Waals surface area contributed by atoms with Crippen LogP contribution in [0.3, 0.4) is 0 Å². The molecule has 0 aliphatic carbocycles. The Kier molecular flexibility index (Phi) is 9.50. The molecule has 32 heavy (non-hydrogen) atoms. The highest BCUT2D eigenvalue weighted by Gasteiger charge is 2.40. The Morgan fingerprint density at radius 1 is 0.906 bits per heavy atom. The van der Waals surface area contributed by atoms with Crippen molar-refractivity contribution in [3.05, 3.63) is 71.8 Å². The van der Waals surface area contributed by atoms with Crippen molar-refractivity contribution in [1.29, 1.82) is 0 Å². The molecule has 1 aliphatic rings. The predicted octanol–water partition coefficient (Wildman–Crippen LogP) is 4.39. The van der Waals surface area contributed by atoms with E-state index in [4.69, 9.17) is 22.1 Å². The minimum Gasteiger partial charge on any atom is -0.456 e. The highest BCUT2D eigenvalue weighted by atomic mass is 16.6. The number of benzene rings is 2. The number of hydrogen-bond donors (Lipinski definition) is 0. The second-order valence-corrected chi connectivity index (χ2v) is 8.05. The monoisotopic (exact) mass is 436 g/mol. The third-order valence-electron chi connectivity index (χ3n) is 5.11. The number of rotatable bonds is 5. The van der Waals surface area contributed by atoms with Crippen molar-refractivity contribution in [2.45, 2.75) is 58.2 Å². The van der Waals surface area contributed by atoms with Gasteiger partial charge in [-0.1, -0.05) is 68.9 Å². The number of cyclic esters (lactones) is 1. The molecule has 1 aliphatic heterocycles. The van der Waals surface area contributed by atoms with E-state index >= 15 is 0 Å². The molecule has 2 radical (unpaired) electrons. The lowest BCUT2D eigenvalue weighted by molar-refractivity contribution is -0.178. The van der Waals surface area contributed by atoms with Crippen LogP contribution < -0.4 is 0 Å². The average molecular weight is 436 g/mol. The fourth-order valence-corrected chi connectivity index (χ4v) is 2.63. The quantitative estimate of drug-likeness (QED) is 0.393. The highest BCUT2D eigenvalue weighted by Crippen LogP contribution is 2.23. The van der Waals surface area contributed by atoms with E-state index in [9.17, 15) is 14.4 Å². The van der Waals surface area contributed by atoms with Crippen molar-refractivity contribution in [2.24, 2.45) is 5.92 Å². The van der Waals surface area contributed by atoms with E-state index in [1.165, 1.54) is 0 Å². The van der Waals surface area contributed by atoms with Gasteiger partial charge < -0.3 is 14.2 Å². The Labute approximate surface area is 190 Å². The molecule has 1 heterocycles. The molecule has 4 atom stereocenters. The lowest BCUT2D eigenvalue weighted by Crippen LogP contribution is -2.47. The van der Waals surface area contributed by atoms with Crippen LogP contribution in [0.4, 0.5) is 0 Å². The van der Waals surface area contributed by atoms with Gasteiger partial charge in [0, 0.05) is 6.42 Å². The summed E-state index contributed by atoms with van der Waals surface area (Å²) in [5, 5.41) is 0. The maximum absolute atomic E-state index is 12.2. The van der Waals surface area contributed by atoms with Crippen molar-refractivity contribution < 1.29 is 28.6 Å². The molecular weight excluding hydrogens is 407 g/mol. The summed E-state index contributed by atoms with van der Waals surface area (Å²) in [4.78, 5) is 36.4. The minimum atomic E-state index is -1.12. The molecule has 0 aromatic heterocycles. The van der Waals surface area contributed by atoms with Crippen LogP contribution in [0.25, 0.3) is 0 Å². The molecule has 2 aromatic carbocycles. The molecule has 1 saturated heterocycles. The lowest BCUT2D eigenvalue weighted by Gasteiger charge is -2.32. The van der Waals surface area contributed by atoms with Crippen molar-refractivity contribution in [3.8, 4) is 0 Å². The maximum Gasteiger partial charge on any atom is 0.348 e. The van der Waals surface area contributed by atoms with E-state index in [1.807, 2.05) is 6.92 Å². The number of carbonyl (C=O) groups excluding carboxylic acids is 3. The van der Waals surface area contributed by atoms with E-state index in [0.29, 0.717) is 22.9 Å². The largest absolute Gasteiger partial charge is 0.456 e. The van der Waals surface area contributed by atoms with Gasteiger partial charge in [-0.05, 0) is 31.2 Å². The first kappa shape index (κ1) is 25.2. The molecule has 3 rings (SSSR count). The first-order valence-electron chi connectivity index (χ1n) is 10.7. The Balaban J connectivity index is 0.000000534. The summed E-state index contributed by atoms with van der Waals surface area (Å²) in [5.41, 5.74) is 0.728. The van der Waals surface area contributed by atoms with Crippen molar-refractivity contribution >= 4 is 25.8 Å². The lowest BCUT2D eigenvalue weighted by atomic mass is 9.80. The van der Waals surface area contributed by atoms with Gasteiger partial charge in [0.15, 0.2) is 0 Å². The molecule has 6 nitrogen and oxygen atoms in total. The number of hydrogen-bond acceptors (Lipinski definition) is 6. The molecule has 7 heteroatoms. The van der Waals surface area contributed by atoms with Crippen LogP contribution in [-0.4, -0.2) is 44.1 Å². The van der Waals surface area contributed by atoms with Gasteiger partial charge in [0.2, 0.25) is 6.10 Å². The number of ether oxygens (including phenoxy) is 3. The fraction of sp³-hybridized carbons (Fsp3) is 0.400. The average Bonchev–Trinajstić information content (AvgIpc) is 2.78. The molecular formula is C25H29BO6. The van der Waals surface area contributed by atoms with Crippen LogP contribution in [0.15, 0.2) is 60.7 Å². The second-order valence-electron chi connectivity index (χ2n) is 8.05. The summed E-state index contributed by atoms with van der Waals surface area (Å²) in [6.07, 6.45) is -2.39. The van der Waals surface area contributed by atoms with Gasteiger partial charge in [-0.3, -0.25) is 0 Å². The zero-order valence-corrected chi connectivity index (χ0v) is 18.9. The molecule has 2 aromatic rings. The van der Waals surface area contributed by atoms with Crippen molar-refractivity contribution in [3.63, 3.8) is 0 Å². The first-order chi connectivity index (χ1) is 15.2. The fourth-order valence-electron chi connectivity index (χ4n) is 2.63. The van der Waals surface area contributed by atoms with Gasteiger partial charge in [0.1, 0.15) is 12.2 Å². The van der Waals surface area contributed by atoms with E-state index in [2.05, 4.69) is 13.8 Å². The van der Waals surface area contributed by atoms with Gasteiger partial charge in [-0.15, -0.1) is 0 Å². The Morgan fingerprint density at radius 2 is 1.34 bits per heavy atom. The molecule has 0 N–H and O–H groups in total. The standard InChI is InChI=1S/C20H18O6.C5H11B/c1-13-16(25-18(21)14-8-4-2-5-9-14)12-17(20(23)24-13)26-19(22)15-10-6-3-7-11-15;1-4(2)5(3)6/h2-11,13,16-17H,12H2,1H3;4-5H,1-3H3/t13?,16-,17?;/m1./s1. The van der Waals surface area contributed by atoms with Gasteiger partial charge in [-0.2, -0.15) is 0 Å². The number of carbonyl (C=O) groups is 3. The Hall–Kier alpha value is -3.09. The van der Waals surface area contributed by atoms with Gasteiger partial charge in [-0.25, -0.2) is 14.4 Å². The summed E-state index contributed by atoms with van der Waals surface area (Å²) in [5.74, 6) is -0.812. The molecule has 1 fully saturated rings. The third kappa shape index (κ3) is 7.55. The molecule has 0 spiro atoms. The van der Waals surface area contributed by atoms with Crippen LogP contribution >= 0.6 is 0 Å². The summed E-state index contributed by atoms with van der Waals surface area (Å²) in [7, 11) is 5.44. The Bertz CT molecular complexity index is 876. The van der Waals surface area contributed by atoms with Crippen molar-refractivity contribution in [2.75, 3.05) is 0 Å². The first-order valence-corrected chi connectivity index (χ1v) is 10.7. The minimum absolute atomic E-state index is 0.0527. The summed E-state index contributed by atoms with van der Waals surface area (Å²) < 4.78 is 15.9. The third-order valence-corrected chi connectivity index (χ3v) is 5.11. The van der Waals surface area contributed by atoms with Crippen LogP contribution in [-0.2, 0) is 19.0 Å². The number of esters is 3. The van der Waals surface area contributed by atoms with E-state index in [-0.39, 0.29) is 6.42 Å². The Morgan fingerprint density at radius 3 is 1.78 bits per heavy atom. The second kappa shape index (κ2) is 12.1. The van der Waals surface area contributed by atoms with Crippen LogP contribution in [0.5, 0.6) is 0 Å². The molecule has 168 valence electrons. The van der Waals surface area contributed by atoms with Crippen LogP contribution in [0.2, 0.25) is 5.82 Å². The predicted molar refractivity (Wildman–Crippen MR) is 121 cm³/mol. The smallest absolute Gasteiger partial charge is 0.348 e. The van der Waals surface area contributed by atoms with E-state index in [1.54, 1.807) is 67.6 Å². The van der Waals surface area contributed by atoms with E-state index in [0.717, 1.165) is 0 Å². The van der Waals surface area contributed by atoms with Crippen LogP contribution in [0, 0.1) is 5.92 Å². The van der Waals surface area contributed by atoms with Gasteiger partial charge >= 0.3 is 17.9 Å². The summed E-state index contributed by atoms with van der Waals surface area (Å²) in [6, 6.07) is 16.9. The maximum atomic E-state index is 12.2. The zero-order chi connectivity index (χ0) is 23.7. The van der Waals surface area contributed by atoms with Crippen molar-refractivity contribution in [1.82, 2.24) is 0 Å². The molecule has 0 bridgehead atoms. The molecule has 3 unspecified atom stereocenters. The van der Waals surface area contributed by atoms with E-state index < -0.39 is 36.2 Å². The topological polar surface area (TPSA) is 78.9 Å². The zero-order valence-electron chi connectivity index (χ0n) is 18.9. The molecule has 0 saturated carbocycles. The van der Waals surface area contributed by atoms with Gasteiger partial charge in [0.25, 0.3) is 0 Å². The SMILES string of the molecule is CC1OC(=O)C(OC(=O)c2ccccc2)C[C@H]1OC(=O)c1ccccc1.[B]C(C)C(C)C. The summed E-state index contributed by atoms with van der Waals surface area (Å²) >= 11 is 0. The van der Waals surface area contributed by atoms with Crippen LogP contribution in [0.1, 0.15) is 54.8 Å².